The number of benzene rings is 14. The third-order valence-corrected chi connectivity index (χ3v) is 18.3. The number of anilines is 6. The highest BCUT2D eigenvalue weighted by Crippen LogP contribution is 2.65. The summed E-state index contributed by atoms with van der Waals surface area (Å²) in [5, 5.41) is 6.47. The number of furan rings is 2. The van der Waals surface area contributed by atoms with E-state index < -0.39 is 5.41 Å². The van der Waals surface area contributed by atoms with E-state index in [0.717, 1.165) is 134 Å². The first-order valence-electron chi connectivity index (χ1n) is 30.0. The summed E-state index contributed by atoms with van der Waals surface area (Å²) < 4.78 is 21.6. The molecule has 2 aliphatic rings. The summed E-state index contributed by atoms with van der Waals surface area (Å²) in [6.07, 6.45) is 0. The second kappa shape index (κ2) is 19.7. The van der Waals surface area contributed by atoms with Gasteiger partial charge in [0.25, 0.3) is 0 Å². The minimum absolute atomic E-state index is 0.774. The normalized spacial score (nSPS) is 12.7. The van der Waals surface area contributed by atoms with Crippen LogP contribution < -0.4 is 14.5 Å². The van der Waals surface area contributed by atoms with E-state index in [1.807, 2.05) is 6.07 Å². The number of rotatable bonds is 9. The summed E-state index contributed by atoms with van der Waals surface area (Å²) >= 11 is 0. The lowest BCUT2D eigenvalue weighted by Gasteiger charge is -2.42. The van der Waals surface area contributed by atoms with Crippen LogP contribution in [0.4, 0.5) is 34.1 Å². The molecule has 0 amide bonds. The maximum atomic E-state index is 7.75. The Morgan fingerprint density at radius 3 is 1.60 bits per heavy atom. The molecule has 0 N–H and O–H groups in total. The van der Waals surface area contributed by atoms with Gasteiger partial charge >= 0.3 is 0 Å². The molecular weight excluding hydrogens is 1070 g/mol. The highest BCUT2D eigenvalue weighted by molar-refractivity contribution is 6.18. The Bertz CT molecular complexity index is 5390. The van der Waals surface area contributed by atoms with Gasteiger partial charge in [-0.15, -0.1) is 0 Å². The molecular formula is C83H52N2O3. The summed E-state index contributed by atoms with van der Waals surface area (Å²) in [6.45, 7) is 0. The molecule has 0 radical (unpaired) electrons. The topological polar surface area (TPSA) is 42.0 Å². The second-order valence-corrected chi connectivity index (χ2v) is 23.0. The number of nitrogens with zero attached hydrogens (tertiary/aromatic N) is 2. The summed E-state index contributed by atoms with van der Waals surface area (Å²) in [5.74, 6) is 1.55. The zero-order chi connectivity index (χ0) is 57.9. The third-order valence-electron chi connectivity index (χ3n) is 18.3. The minimum Gasteiger partial charge on any atom is -0.455 e. The van der Waals surface area contributed by atoms with Gasteiger partial charge in [0.05, 0.1) is 22.2 Å². The van der Waals surface area contributed by atoms with Gasteiger partial charge in [0, 0.05) is 61.2 Å². The molecule has 5 nitrogen and oxygen atoms in total. The van der Waals surface area contributed by atoms with Crippen LogP contribution in [0.1, 0.15) is 22.3 Å². The van der Waals surface area contributed by atoms with E-state index in [9.17, 15) is 0 Å². The summed E-state index contributed by atoms with van der Waals surface area (Å²) in [5.41, 5.74) is 21.8. The van der Waals surface area contributed by atoms with Crippen molar-refractivity contribution in [1.82, 2.24) is 0 Å². The van der Waals surface area contributed by atoms with Gasteiger partial charge in [-0.1, -0.05) is 231 Å². The van der Waals surface area contributed by atoms with Crippen LogP contribution in [0.5, 0.6) is 11.5 Å². The number of ether oxygens (including phenoxy) is 1. The Morgan fingerprint density at radius 2 is 0.841 bits per heavy atom. The van der Waals surface area contributed by atoms with Crippen molar-refractivity contribution in [3.05, 3.63) is 338 Å². The monoisotopic (exact) mass is 1120 g/mol. The lowest BCUT2D eigenvalue weighted by molar-refractivity contribution is 0.437. The Hall–Kier alpha value is -11.7. The largest absolute Gasteiger partial charge is 0.455 e. The van der Waals surface area contributed by atoms with Crippen molar-refractivity contribution in [1.29, 1.82) is 0 Å². The standard InChI is InChI=1S/C83H52N2O3/c1-4-21-53(22-5-1)55-39-41-57(42-40-55)68-50-62(51-69-66-31-14-18-37-76(66)86-80(68)69)84(60-44-43-54-23-10-11-26-58(54)49-60)61-45-48-78-73(52-61)83(70-33-16-12-29-64(70)65-30-13-17-34-71(65)83)72-35-20-36-75(82(72)88-78)85(59-27-8-3-9-28-59)74-47-46-63(56-24-6-2-7-25-56)81-79(74)67-32-15-19-38-77(67)87-81/h1-52H. The average Bonchev–Trinajstić information content (AvgIpc) is 1.52. The maximum absolute atomic E-state index is 7.75. The van der Waals surface area contributed by atoms with Crippen molar-refractivity contribution in [2.24, 2.45) is 0 Å². The number of hydrogen-bond donors (Lipinski definition) is 0. The molecule has 2 aromatic heterocycles. The fourth-order valence-electron chi connectivity index (χ4n) is 14.4. The van der Waals surface area contributed by atoms with Crippen LogP contribution in [-0.2, 0) is 5.41 Å². The van der Waals surface area contributed by atoms with E-state index in [-0.39, 0.29) is 0 Å². The Morgan fingerprint density at radius 1 is 0.273 bits per heavy atom. The Balaban J connectivity index is 0.888. The van der Waals surface area contributed by atoms with Crippen LogP contribution in [0.25, 0.3) is 99.2 Å². The summed E-state index contributed by atoms with van der Waals surface area (Å²) in [6, 6.07) is 114. The maximum Gasteiger partial charge on any atom is 0.156 e. The fraction of sp³-hybridized carbons (Fsp3) is 0.0120. The molecule has 0 saturated carbocycles. The van der Waals surface area contributed by atoms with Crippen LogP contribution in [0.2, 0.25) is 0 Å². The van der Waals surface area contributed by atoms with Gasteiger partial charge in [0.15, 0.2) is 5.75 Å². The highest BCUT2D eigenvalue weighted by Gasteiger charge is 2.52. The molecule has 18 rings (SSSR count). The van der Waals surface area contributed by atoms with Crippen molar-refractivity contribution in [2.75, 3.05) is 9.80 Å². The lowest BCUT2D eigenvalue weighted by Crippen LogP contribution is -2.33. The molecule has 5 heteroatoms. The number of fused-ring (bicyclic) bond motifs is 16. The molecule has 1 spiro atoms. The highest BCUT2D eigenvalue weighted by atomic mass is 16.5. The van der Waals surface area contributed by atoms with E-state index in [1.165, 1.54) is 33.2 Å². The number of para-hydroxylation sites is 4. The molecule has 88 heavy (non-hydrogen) atoms. The van der Waals surface area contributed by atoms with E-state index in [4.69, 9.17) is 13.6 Å². The zero-order valence-corrected chi connectivity index (χ0v) is 47.6. The molecule has 1 aliphatic heterocycles. The van der Waals surface area contributed by atoms with Gasteiger partial charge in [0.1, 0.15) is 28.1 Å². The van der Waals surface area contributed by atoms with Gasteiger partial charge in [-0.25, -0.2) is 0 Å². The van der Waals surface area contributed by atoms with Crippen LogP contribution >= 0.6 is 0 Å². The van der Waals surface area contributed by atoms with Crippen molar-refractivity contribution in [3.63, 3.8) is 0 Å². The Labute approximate surface area is 508 Å². The van der Waals surface area contributed by atoms with Gasteiger partial charge < -0.3 is 23.4 Å². The molecule has 0 atom stereocenters. The molecule has 16 aromatic rings. The van der Waals surface area contributed by atoms with E-state index in [0.29, 0.717) is 0 Å². The smallest absolute Gasteiger partial charge is 0.156 e. The van der Waals surface area contributed by atoms with E-state index in [2.05, 4.69) is 319 Å². The zero-order valence-electron chi connectivity index (χ0n) is 47.6. The quantitative estimate of drug-likeness (QED) is 0.144. The molecule has 1 aliphatic carbocycles. The van der Waals surface area contributed by atoms with Gasteiger partial charge in [0.2, 0.25) is 0 Å². The van der Waals surface area contributed by atoms with Crippen LogP contribution in [0.3, 0.4) is 0 Å². The third kappa shape index (κ3) is 7.54. The lowest BCUT2D eigenvalue weighted by atomic mass is 9.66. The fourth-order valence-corrected chi connectivity index (χ4v) is 14.4. The minimum atomic E-state index is -0.843. The molecule has 0 fully saturated rings. The van der Waals surface area contributed by atoms with Crippen LogP contribution in [0, 0.1) is 0 Å². The van der Waals surface area contributed by atoms with Crippen LogP contribution in [-0.4, -0.2) is 0 Å². The first kappa shape index (κ1) is 49.7. The van der Waals surface area contributed by atoms with Gasteiger partial charge in [-0.3, -0.25) is 0 Å². The molecule has 412 valence electrons. The predicted octanol–water partition coefficient (Wildman–Crippen LogP) is 23.0. The van der Waals surface area contributed by atoms with Crippen molar-refractivity contribution >= 4 is 88.8 Å². The Kier molecular flexibility index (Phi) is 11.1. The first-order valence-corrected chi connectivity index (χ1v) is 30.0. The predicted molar refractivity (Wildman–Crippen MR) is 362 cm³/mol. The average molecular weight is 1130 g/mol. The number of hydrogen-bond acceptors (Lipinski definition) is 5. The second-order valence-electron chi connectivity index (χ2n) is 23.0. The first-order chi connectivity index (χ1) is 43.6. The summed E-state index contributed by atoms with van der Waals surface area (Å²) in [7, 11) is 0. The molecule has 0 saturated heterocycles. The van der Waals surface area contributed by atoms with Crippen molar-refractivity contribution in [2.45, 2.75) is 5.41 Å². The summed E-state index contributed by atoms with van der Waals surface area (Å²) in [4.78, 5) is 4.81. The molecule has 0 bridgehead atoms. The van der Waals surface area contributed by atoms with Crippen molar-refractivity contribution in [3.8, 4) is 56.0 Å². The molecule has 0 unspecified atom stereocenters. The van der Waals surface area contributed by atoms with Crippen LogP contribution in [0.15, 0.2) is 324 Å². The molecule has 3 heterocycles. The van der Waals surface area contributed by atoms with Crippen molar-refractivity contribution < 1.29 is 13.6 Å². The molecule has 14 aromatic carbocycles. The van der Waals surface area contributed by atoms with E-state index in [1.54, 1.807) is 0 Å². The SMILES string of the molecule is c1ccc(-c2ccc(-c3cc(N(c4ccc5c(c4)C4(c6ccccc6-c6ccccc64)c4cccc(N(c6ccccc6)c6ccc(-c7ccccc7)c7oc8ccccc8c67)c4O5)c4ccc5ccccc5c4)cc4c3oc3ccccc34)cc2)cc1. The van der Waals surface area contributed by atoms with E-state index >= 15 is 0 Å². The van der Waals surface area contributed by atoms with Gasteiger partial charge in [-0.2, -0.15) is 0 Å². The van der Waals surface area contributed by atoms with Gasteiger partial charge in [-0.05, 0) is 140 Å².